The van der Waals surface area contributed by atoms with E-state index in [1.54, 1.807) is 33.8 Å². The number of Topliss-reactive ketones (excluding diaryl/α,β-unsaturated/α-hetero) is 1. The molecule has 1 heterocycles. The van der Waals surface area contributed by atoms with Crippen LogP contribution in [-0.4, -0.2) is 94.7 Å². The molecule has 0 aromatic carbocycles. The lowest BCUT2D eigenvalue weighted by molar-refractivity contribution is -0.757. The molecule has 0 spiro atoms. The Morgan fingerprint density at radius 1 is 1.17 bits per heavy atom. The van der Waals surface area contributed by atoms with E-state index in [0.717, 1.165) is 0 Å². The number of rotatable bonds is 16. The van der Waals surface area contributed by atoms with E-state index in [1.807, 2.05) is 6.08 Å². The van der Waals surface area contributed by atoms with Crippen molar-refractivity contribution >= 4 is 29.4 Å². The first-order chi connectivity index (χ1) is 24.8. The molecule has 2 N–H and O–H groups in total. The molecule has 5 rings (SSSR count). The summed E-state index contributed by atoms with van der Waals surface area (Å²) in [6.07, 6.45) is 4.44. The standard InChI is InChI=1S/C37H49FN2O13/c1-6-15-49-32(46)26(39-30(44)10-8-7-9-16-51-40(47)48)19-31(45)50-21-28(43)37-29(52-33(2,3)53-37)18-25-24-12-11-22-17-23(41)13-14-34(22,4)36(24,38)27(42)20-35(25,37)5/h6,11,13-14,24-27,29,42H,1,7-10,12,15-21H2,2-5H3,(H,39,44)/t24-,25-,26?,27-,29+,34-,35-,36-,37+/m0/s1. The molecule has 1 aliphatic heterocycles. The van der Waals surface area contributed by atoms with Crippen molar-refractivity contribution in [2.24, 2.45) is 22.7 Å². The number of fused-ring (bicyclic) bond motifs is 7. The molecule has 3 fully saturated rings. The number of esters is 2. The molecule has 1 unspecified atom stereocenters. The molecule has 15 nitrogen and oxygen atoms in total. The second-order valence-electron chi connectivity index (χ2n) is 15.5. The molecule has 9 atom stereocenters. The van der Waals surface area contributed by atoms with E-state index in [1.165, 1.54) is 12.2 Å². The first-order valence-corrected chi connectivity index (χ1v) is 18.0. The van der Waals surface area contributed by atoms with Crippen molar-refractivity contribution in [3.05, 3.63) is 46.6 Å². The Labute approximate surface area is 306 Å². The minimum atomic E-state index is -2.14. The fraction of sp³-hybridized carbons (Fsp3) is 0.703. The van der Waals surface area contributed by atoms with Gasteiger partial charge in [-0.05, 0) is 64.9 Å². The number of hydrogen-bond acceptors (Lipinski definition) is 13. The van der Waals surface area contributed by atoms with Crippen LogP contribution < -0.4 is 5.32 Å². The number of carbonyl (C=O) groups excluding carboxylic acids is 5. The molecule has 5 aliphatic rings. The second kappa shape index (κ2) is 15.0. The normalized spacial score (nSPS) is 35.4. The highest BCUT2D eigenvalue weighted by Gasteiger charge is 2.80. The Morgan fingerprint density at radius 2 is 1.91 bits per heavy atom. The van der Waals surface area contributed by atoms with Crippen LogP contribution in [0.1, 0.15) is 85.5 Å². The molecule has 292 valence electrons. The topological polar surface area (TPSA) is 207 Å². The van der Waals surface area contributed by atoms with E-state index in [0.29, 0.717) is 24.8 Å². The van der Waals surface area contributed by atoms with E-state index in [9.17, 15) is 39.2 Å². The van der Waals surface area contributed by atoms with Crippen molar-refractivity contribution in [2.75, 3.05) is 19.8 Å². The number of allylic oxidation sites excluding steroid dienone is 4. The van der Waals surface area contributed by atoms with Crippen molar-refractivity contribution in [2.45, 2.75) is 121 Å². The fourth-order valence-electron chi connectivity index (χ4n) is 9.60. The zero-order valence-electron chi connectivity index (χ0n) is 30.6. The summed E-state index contributed by atoms with van der Waals surface area (Å²) in [6, 6.07) is -1.45. The number of unbranched alkanes of at least 4 members (excludes halogenated alkanes) is 2. The summed E-state index contributed by atoms with van der Waals surface area (Å²) in [5.74, 6) is -5.79. The van der Waals surface area contributed by atoms with Gasteiger partial charge >= 0.3 is 11.9 Å². The van der Waals surface area contributed by atoms with E-state index in [2.05, 4.69) is 16.7 Å². The summed E-state index contributed by atoms with van der Waals surface area (Å²) >= 11 is 0. The number of nitrogens with zero attached hydrogens (tertiary/aromatic N) is 1. The third-order valence-electron chi connectivity index (χ3n) is 12.0. The molecule has 1 saturated heterocycles. The average Bonchev–Trinajstić information content (AvgIpc) is 3.49. The highest BCUT2D eigenvalue weighted by Crippen LogP contribution is 2.72. The van der Waals surface area contributed by atoms with Crippen LogP contribution in [0.5, 0.6) is 0 Å². The Bertz CT molecular complexity index is 1600. The van der Waals surface area contributed by atoms with Crippen LogP contribution in [0.2, 0.25) is 0 Å². The lowest BCUT2D eigenvalue weighted by atomic mass is 9.45. The van der Waals surface area contributed by atoms with Gasteiger partial charge in [0.15, 0.2) is 29.4 Å². The Kier molecular flexibility index (Phi) is 11.4. The third kappa shape index (κ3) is 7.17. The predicted molar refractivity (Wildman–Crippen MR) is 182 cm³/mol. The Morgan fingerprint density at radius 3 is 2.60 bits per heavy atom. The first kappa shape index (κ1) is 40.2. The van der Waals surface area contributed by atoms with Gasteiger partial charge in [0.1, 0.15) is 12.6 Å². The van der Waals surface area contributed by atoms with Crippen LogP contribution in [0, 0.1) is 32.8 Å². The Balaban J connectivity index is 1.30. The summed E-state index contributed by atoms with van der Waals surface area (Å²) in [7, 11) is 0. The highest BCUT2D eigenvalue weighted by molar-refractivity contribution is 5.94. The molecular formula is C37H49FN2O13. The van der Waals surface area contributed by atoms with E-state index in [4.69, 9.17) is 18.9 Å². The molecule has 1 amide bonds. The molecule has 0 aromatic heterocycles. The minimum absolute atomic E-state index is 0.0499. The van der Waals surface area contributed by atoms with E-state index >= 15 is 4.39 Å². The van der Waals surface area contributed by atoms with Crippen LogP contribution in [0.4, 0.5) is 4.39 Å². The van der Waals surface area contributed by atoms with Crippen LogP contribution >= 0.6 is 0 Å². The first-order valence-electron chi connectivity index (χ1n) is 18.0. The van der Waals surface area contributed by atoms with Crippen LogP contribution in [0.15, 0.2) is 36.5 Å². The van der Waals surface area contributed by atoms with Gasteiger partial charge in [-0.15, -0.1) is 10.1 Å². The summed E-state index contributed by atoms with van der Waals surface area (Å²) in [5, 5.41) is 23.6. The Hall–Kier alpha value is -4.02. The number of hydrogen-bond donors (Lipinski definition) is 2. The van der Waals surface area contributed by atoms with Crippen LogP contribution in [0.3, 0.4) is 0 Å². The van der Waals surface area contributed by atoms with Gasteiger partial charge in [-0.1, -0.05) is 43.7 Å². The van der Waals surface area contributed by atoms with Crippen molar-refractivity contribution < 1.29 is 62.3 Å². The van der Waals surface area contributed by atoms with E-state index in [-0.39, 0.29) is 51.1 Å². The zero-order valence-corrected chi connectivity index (χ0v) is 30.6. The molecule has 0 radical (unpaired) electrons. The number of halogens is 1. The predicted octanol–water partition coefficient (Wildman–Crippen LogP) is 3.34. The van der Waals surface area contributed by atoms with Gasteiger partial charge in [0.2, 0.25) is 11.7 Å². The largest absolute Gasteiger partial charge is 0.460 e. The van der Waals surface area contributed by atoms with Crippen molar-refractivity contribution in [3.63, 3.8) is 0 Å². The van der Waals surface area contributed by atoms with Gasteiger partial charge in [-0.2, -0.15) is 0 Å². The summed E-state index contributed by atoms with van der Waals surface area (Å²) in [6.45, 7) is 9.15. The van der Waals surface area contributed by atoms with Gasteiger partial charge < -0.3 is 34.2 Å². The lowest BCUT2D eigenvalue weighted by Crippen LogP contribution is -2.69. The highest BCUT2D eigenvalue weighted by atomic mass is 19.1. The van der Waals surface area contributed by atoms with Crippen molar-refractivity contribution in [3.8, 4) is 0 Å². The quantitative estimate of drug-likeness (QED) is 0.0765. The summed E-state index contributed by atoms with van der Waals surface area (Å²) in [4.78, 5) is 79.7. The number of ether oxygens (including phenoxy) is 4. The van der Waals surface area contributed by atoms with Gasteiger partial charge in [0, 0.05) is 29.6 Å². The van der Waals surface area contributed by atoms with Crippen molar-refractivity contribution in [1.82, 2.24) is 5.32 Å². The summed E-state index contributed by atoms with van der Waals surface area (Å²) in [5.41, 5.74) is -5.64. The third-order valence-corrected chi connectivity index (χ3v) is 12.0. The molecule has 4 aliphatic carbocycles. The maximum atomic E-state index is 17.7. The smallest absolute Gasteiger partial charge is 0.329 e. The zero-order chi connectivity index (χ0) is 39.0. The number of carbonyl (C=O) groups is 5. The van der Waals surface area contributed by atoms with Gasteiger partial charge in [0.25, 0.3) is 5.09 Å². The molecular weight excluding hydrogens is 699 g/mol. The number of aliphatic hydroxyl groups excluding tert-OH is 1. The number of amides is 1. The lowest BCUT2D eigenvalue weighted by Gasteiger charge is -2.62. The number of ketones is 2. The molecule has 0 bridgehead atoms. The molecule has 0 aromatic rings. The number of nitrogens with one attached hydrogen (secondary N) is 1. The van der Waals surface area contributed by atoms with Gasteiger partial charge in [-0.3, -0.25) is 19.2 Å². The molecule has 53 heavy (non-hydrogen) atoms. The van der Waals surface area contributed by atoms with Crippen LogP contribution in [0.25, 0.3) is 0 Å². The fourth-order valence-corrected chi connectivity index (χ4v) is 9.60. The van der Waals surface area contributed by atoms with Crippen molar-refractivity contribution in [1.29, 1.82) is 0 Å². The monoisotopic (exact) mass is 748 g/mol. The van der Waals surface area contributed by atoms with Gasteiger partial charge in [-0.25, -0.2) is 9.18 Å². The summed E-state index contributed by atoms with van der Waals surface area (Å²) < 4.78 is 40.9. The van der Waals surface area contributed by atoms with E-state index < -0.39 is 99.7 Å². The van der Waals surface area contributed by atoms with Crippen LogP contribution in [-0.2, 0) is 47.8 Å². The number of alkyl halides is 1. The number of aliphatic hydroxyl groups is 1. The maximum Gasteiger partial charge on any atom is 0.329 e. The average molecular weight is 749 g/mol. The van der Waals surface area contributed by atoms with Gasteiger partial charge in [0.05, 0.1) is 25.2 Å². The minimum Gasteiger partial charge on any atom is -0.460 e. The SMILES string of the molecule is C=CCOC(=O)C(CC(=O)OCC(=O)[C@@]12OC(C)(C)O[C@@H]1C[C@H]1[C@@H]3CC=C4CC(=O)C=C[C@]4(C)[C@@]3(F)[C@@H](O)C[C@@]12C)NC(=O)CCCCCO[N+](=O)[O-]. The maximum absolute atomic E-state index is 17.7. The second-order valence-corrected chi connectivity index (χ2v) is 15.5. The molecule has 16 heteroatoms. The molecule has 2 saturated carbocycles.